The Labute approximate surface area is 192 Å². The molecule has 10 heteroatoms. The van der Waals surface area contributed by atoms with Crippen molar-refractivity contribution in [3.05, 3.63) is 29.3 Å². The minimum atomic E-state index is -0.748. The number of hydrogen-bond donors (Lipinski definition) is 3. The molecule has 30 heavy (non-hydrogen) atoms. The maximum atomic E-state index is 13.5. The molecule has 4 rings (SSSR count). The smallest absolute Gasteiger partial charge is 0.248 e. The third-order valence-electron chi connectivity index (χ3n) is 6.28. The number of fused-ring (bicyclic) bond motifs is 1. The zero-order chi connectivity index (χ0) is 21.6. The average Bonchev–Trinajstić information content (AvgIpc) is 3.31. The predicted octanol–water partition coefficient (Wildman–Crippen LogP) is 1.87. The van der Waals surface area contributed by atoms with Crippen molar-refractivity contribution < 1.29 is 19.5 Å². The number of hydrogen-bond acceptors (Lipinski definition) is 5. The van der Waals surface area contributed by atoms with Crippen molar-refractivity contribution in [1.82, 2.24) is 10.2 Å². The monoisotopic (exact) mass is 515 g/mol. The fraction of sp³-hybridized carbons (Fsp3) is 0.550. The highest BCUT2D eigenvalue weighted by atomic mass is 79.9. The van der Waals surface area contributed by atoms with Crippen LogP contribution in [0.4, 0.5) is 5.69 Å². The van der Waals surface area contributed by atoms with E-state index >= 15 is 0 Å². The molecule has 3 fully saturated rings. The lowest BCUT2D eigenvalue weighted by Crippen LogP contribution is -2.53. The summed E-state index contributed by atoms with van der Waals surface area (Å²) < 4.78 is -0.701. The number of carbonyl (C=O) groups excluding carboxylic acids is 3. The van der Waals surface area contributed by atoms with Gasteiger partial charge in [0.1, 0.15) is 6.04 Å². The van der Waals surface area contributed by atoms with Crippen LogP contribution in [0.3, 0.4) is 0 Å². The van der Waals surface area contributed by atoms with Gasteiger partial charge in [-0.3, -0.25) is 14.4 Å². The molecule has 3 N–H and O–H groups in total. The molecule has 3 heterocycles. The number of likely N-dealkylation sites (tertiary alicyclic amines) is 1. The van der Waals surface area contributed by atoms with Crippen molar-refractivity contribution in [2.24, 2.45) is 11.8 Å². The zero-order valence-electron chi connectivity index (χ0n) is 16.3. The van der Waals surface area contributed by atoms with Crippen LogP contribution in [-0.4, -0.2) is 68.8 Å². The fourth-order valence-corrected chi connectivity index (χ4v) is 8.94. The van der Waals surface area contributed by atoms with Crippen LogP contribution < -0.4 is 10.6 Å². The number of aliphatic hydroxyl groups is 1. The van der Waals surface area contributed by atoms with Crippen LogP contribution in [0.25, 0.3) is 0 Å². The number of rotatable bonds is 6. The maximum absolute atomic E-state index is 13.5. The minimum Gasteiger partial charge on any atom is -0.396 e. The van der Waals surface area contributed by atoms with E-state index in [9.17, 15) is 19.5 Å². The van der Waals surface area contributed by atoms with E-state index in [1.165, 1.54) is 0 Å². The molecule has 2 bridgehead atoms. The second-order valence-electron chi connectivity index (χ2n) is 7.86. The Morgan fingerprint density at radius 3 is 2.77 bits per heavy atom. The van der Waals surface area contributed by atoms with E-state index in [0.29, 0.717) is 23.6 Å². The molecular formula is C20H23BrClN3O4S. The Morgan fingerprint density at radius 2 is 2.10 bits per heavy atom. The lowest BCUT2D eigenvalue weighted by Gasteiger charge is -2.35. The first kappa shape index (κ1) is 21.9. The van der Waals surface area contributed by atoms with Gasteiger partial charge >= 0.3 is 0 Å². The highest BCUT2D eigenvalue weighted by molar-refractivity contribution is 9.09. The number of benzene rings is 1. The van der Waals surface area contributed by atoms with Gasteiger partial charge in [0.2, 0.25) is 17.7 Å². The first-order valence-electron chi connectivity index (χ1n) is 9.86. The Bertz CT molecular complexity index is 889. The summed E-state index contributed by atoms with van der Waals surface area (Å²) in [5.74, 6) is -1.75. The minimum absolute atomic E-state index is 0.0299. The van der Waals surface area contributed by atoms with Gasteiger partial charge in [-0.15, -0.1) is 11.8 Å². The van der Waals surface area contributed by atoms with E-state index in [2.05, 4.69) is 26.6 Å². The number of nitrogens with zero attached hydrogens (tertiary/aromatic N) is 1. The first-order valence-corrected chi connectivity index (χ1v) is 12.0. The standard InChI is InChI=1S/C20H23BrClN3O4S/c1-23-17(27)13-14-19(29)25(7-4-8-26)16(20(14)9-10(21)15(13)30-20)18(28)24-12-6-3-2-5-11(12)22/h2-3,5-6,10,13-16,26H,4,7-9H2,1H3,(H,23,27)(H,24,28)/t10?,13-,14-,15-,16?,20?/m0/s1. The van der Waals surface area contributed by atoms with Gasteiger partial charge in [0, 0.05) is 30.3 Å². The van der Waals surface area contributed by atoms with E-state index in [1.807, 2.05) is 0 Å². The molecule has 7 nitrogen and oxygen atoms in total. The Hall–Kier alpha value is -1.29. The molecule has 3 unspecified atom stereocenters. The van der Waals surface area contributed by atoms with Crippen molar-refractivity contribution >= 4 is 62.7 Å². The van der Waals surface area contributed by atoms with Gasteiger partial charge in [-0.25, -0.2) is 0 Å². The van der Waals surface area contributed by atoms with Crippen LogP contribution in [0, 0.1) is 11.8 Å². The highest BCUT2D eigenvalue weighted by Crippen LogP contribution is 2.67. The number of para-hydroxylation sites is 1. The summed E-state index contributed by atoms with van der Waals surface area (Å²) in [5.41, 5.74) is 0.481. The van der Waals surface area contributed by atoms with Crippen molar-refractivity contribution in [1.29, 1.82) is 0 Å². The SMILES string of the molecule is CNC(=O)[C@H]1[C@H]2C(=O)N(CCCO)C(C(=O)Nc3ccccc3Cl)C23CC(Br)[C@@H]1S3. The first-order chi connectivity index (χ1) is 14.4. The molecule has 3 amide bonds. The number of alkyl halides is 1. The van der Waals surface area contributed by atoms with E-state index in [1.54, 1.807) is 48.0 Å². The largest absolute Gasteiger partial charge is 0.396 e. The van der Waals surface area contributed by atoms with Crippen LogP contribution in [0.2, 0.25) is 5.02 Å². The van der Waals surface area contributed by atoms with Gasteiger partial charge in [-0.2, -0.15) is 0 Å². The summed E-state index contributed by atoms with van der Waals surface area (Å²) in [6.07, 6.45) is 0.976. The molecule has 0 radical (unpaired) electrons. The van der Waals surface area contributed by atoms with Crippen molar-refractivity contribution in [2.75, 3.05) is 25.5 Å². The second-order valence-corrected chi connectivity index (χ2v) is 11.0. The topological polar surface area (TPSA) is 98.7 Å². The van der Waals surface area contributed by atoms with Crippen LogP contribution >= 0.6 is 39.3 Å². The van der Waals surface area contributed by atoms with Gasteiger partial charge < -0.3 is 20.6 Å². The van der Waals surface area contributed by atoms with E-state index < -0.39 is 22.6 Å². The van der Waals surface area contributed by atoms with Crippen LogP contribution in [0.15, 0.2) is 24.3 Å². The summed E-state index contributed by atoms with van der Waals surface area (Å²) in [5, 5.41) is 15.2. The number of thioether (sulfide) groups is 1. The molecule has 3 aliphatic rings. The van der Waals surface area contributed by atoms with Crippen LogP contribution in [-0.2, 0) is 14.4 Å². The quantitative estimate of drug-likeness (QED) is 0.502. The molecule has 3 aliphatic heterocycles. The van der Waals surface area contributed by atoms with Gasteiger partial charge in [-0.05, 0) is 25.0 Å². The molecule has 1 aromatic carbocycles. The predicted molar refractivity (Wildman–Crippen MR) is 120 cm³/mol. The summed E-state index contributed by atoms with van der Waals surface area (Å²) in [6, 6.07) is 6.20. The summed E-state index contributed by atoms with van der Waals surface area (Å²) in [7, 11) is 1.57. The normalized spacial score (nSPS) is 34.2. The summed E-state index contributed by atoms with van der Waals surface area (Å²) in [6.45, 7) is 0.169. The highest BCUT2D eigenvalue weighted by Gasteiger charge is 2.75. The number of carbonyl (C=O) groups is 3. The molecular weight excluding hydrogens is 494 g/mol. The van der Waals surface area contributed by atoms with E-state index in [0.717, 1.165) is 0 Å². The Morgan fingerprint density at radius 1 is 1.37 bits per heavy atom. The van der Waals surface area contributed by atoms with Crippen LogP contribution in [0.5, 0.6) is 0 Å². The Kier molecular flexibility index (Phi) is 6.09. The third-order valence-corrected chi connectivity index (χ3v) is 9.82. The molecule has 0 aliphatic carbocycles. The van der Waals surface area contributed by atoms with E-state index in [-0.39, 0.29) is 41.0 Å². The lowest BCUT2D eigenvalue weighted by molar-refractivity contribution is -0.139. The Balaban J connectivity index is 1.73. The van der Waals surface area contributed by atoms with Gasteiger partial charge in [-0.1, -0.05) is 39.7 Å². The molecule has 162 valence electrons. The molecule has 0 aromatic heterocycles. The molecule has 1 spiro atoms. The van der Waals surface area contributed by atoms with Crippen molar-refractivity contribution in [3.8, 4) is 0 Å². The number of amides is 3. The van der Waals surface area contributed by atoms with Gasteiger partial charge in [0.25, 0.3) is 0 Å². The second kappa shape index (κ2) is 8.33. The maximum Gasteiger partial charge on any atom is 0.248 e. The lowest BCUT2D eigenvalue weighted by atomic mass is 9.70. The molecule has 6 atom stereocenters. The van der Waals surface area contributed by atoms with Gasteiger partial charge in [0.05, 0.1) is 27.3 Å². The zero-order valence-corrected chi connectivity index (χ0v) is 19.5. The average molecular weight is 517 g/mol. The van der Waals surface area contributed by atoms with Crippen molar-refractivity contribution in [2.45, 2.75) is 33.7 Å². The summed E-state index contributed by atoms with van der Waals surface area (Å²) in [4.78, 5) is 41.3. The molecule has 1 aromatic rings. The fourth-order valence-electron chi connectivity index (χ4n) is 5.14. The number of anilines is 1. The van der Waals surface area contributed by atoms with Gasteiger partial charge in [0.15, 0.2) is 0 Å². The number of aliphatic hydroxyl groups excluding tert-OH is 1. The molecule has 3 saturated heterocycles. The number of nitrogens with one attached hydrogen (secondary N) is 2. The van der Waals surface area contributed by atoms with E-state index in [4.69, 9.17) is 11.6 Å². The van der Waals surface area contributed by atoms with Crippen molar-refractivity contribution in [3.63, 3.8) is 0 Å². The summed E-state index contributed by atoms with van der Waals surface area (Å²) >= 11 is 11.5. The third kappa shape index (κ3) is 3.25. The number of halogens is 2. The molecule has 0 saturated carbocycles. The van der Waals surface area contributed by atoms with Crippen LogP contribution in [0.1, 0.15) is 12.8 Å².